The molecule has 2 aromatic rings. The lowest BCUT2D eigenvalue weighted by Crippen LogP contribution is -2.18. The molecule has 0 spiro atoms. The van der Waals surface area contributed by atoms with Crippen molar-refractivity contribution in [2.75, 3.05) is 10.6 Å². The predicted molar refractivity (Wildman–Crippen MR) is 94.3 cm³/mol. The smallest absolute Gasteiger partial charge is 0.288 e. The van der Waals surface area contributed by atoms with E-state index >= 15 is 0 Å². The third kappa shape index (κ3) is 5.12. The van der Waals surface area contributed by atoms with E-state index in [-0.39, 0.29) is 0 Å². The molecule has 2 nitrogen and oxygen atoms in total. The summed E-state index contributed by atoms with van der Waals surface area (Å²) in [6.07, 6.45) is 0. The van der Waals surface area contributed by atoms with Crippen molar-refractivity contribution in [3.8, 4) is 0 Å². The molecule has 116 valence electrons. The fourth-order valence-corrected chi connectivity index (χ4v) is 2.60. The van der Waals surface area contributed by atoms with E-state index in [0.717, 1.165) is 11.3 Å². The number of anilines is 2. The van der Waals surface area contributed by atoms with Gasteiger partial charge in [-0.1, -0.05) is 29.4 Å². The molecule has 0 saturated heterocycles. The van der Waals surface area contributed by atoms with Crippen molar-refractivity contribution < 1.29 is 8.78 Å². The molecule has 0 aliphatic rings. The SMILES string of the molecule is Cc1ccc(NC(=S)Nc2ccc(SC(F)F)cc2)cc1Cl. The summed E-state index contributed by atoms with van der Waals surface area (Å²) >= 11 is 11.8. The first kappa shape index (κ1) is 17.0. The normalized spacial score (nSPS) is 10.6. The van der Waals surface area contributed by atoms with Crippen molar-refractivity contribution in [1.29, 1.82) is 0 Å². The van der Waals surface area contributed by atoms with Crippen molar-refractivity contribution in [3.05, 3.63) is 53.1 Å². The van der Waals surface area contributed by atoms with Crippen LogP contribution in [-0.2, 0) is 0 Å². The van der Waals surface area contributed by atoms with Crippen molar-refractivity contribution >= 4 is 52.1 Å². The summed E-state index contributed by atoms with van der Waals surface area (Å²) in [6.45, 7) is 1.92. The Bertz CT molecular complexity index is 663. The van der Waals surface area contributed by atoms with E-state index in [0.29, 0.717) is 32.5 Å². The molecule has 7 heteroatoms. The maximum absolute atomic E-state index is 12.2. The van der Waals surface area contributed by atoms with Gasteiger partial charge in [-0.25, -0.2) is 0 Å². The highest BCUT2D eigenvalue weighted by molar-refractivity contribution is 7.99. The van der Waals surface area contributed by atoms with Gasteiger partial charge in [0.2, 0.25) is 0 Å². The summed E-state index contributed by atoms with van der Waals surface area (Å²) in [6, 6.07) is 12.2. The van der Waals surface area contributed by atoms with Gasteiger partial charge in [0.15, 0.2) is 5.11 Å². The van der Waals surface area contributed by atoms with Gasteiger partial charge >= 0.3 is 0 Å². The second-order valence-corrected chi connectivity index (χ2v) is 6.32. The van der Waals surface area contributed by atoms with Crippen LogP contribution in [0.4, 0.5) is 20.2 Å². The van der Waals surface area contributed by atoms with Gasteiger partial charge in [0.25, 0.3) is 5.76 Å². The first-order valence-electron chi connectivity index (χ1n) is 6.33. The quantitative estimate of drug-likeness (QED) is 0.535. The number of nitrogens with one attached hydrogen (secondary N) is 2. The van der Waals surface area contributed by atoms with Crippen LogP contribution in [0.3, 0.4) is 0 Å². The molecule has 0 fully saturated rings. The van der Waals surface area contributed by atoms with Gasteiger partial charge in [-0.2, -0.15) is 8.78 Å². The highest BCUT2D eigenvalue weighted by Crippen LogP contribution is 2.26. The predicted octanol–water partition coefficient (Wildman–Crippen LogP) is 5.77. The molecule has 0 aliphatic carbocycles. The number of thiocarbonyl (C=S) groups is 1. The molecule has 0 heterocycles. The molecule has 0 bridgehead atoms. The Morgan fingerprint density at radius 1 is 1.09 bits per heavy atom. The monoisotopic (exact) mass is 358 g/mol. The maximum Gasteiger partial charge on any atom is 0.288 e. The molecule has 2 aromatic carbocycles. The minimum atomic E-state index is -2.42. The van der Waals surface area contributed by atoms with Gasteiger partial charge in [-0.15, -0.1) is 0 Å². The Morgan fingerprint density at radius 3 is 2.27 bits per heavy atom. The fourth-order valence-electron chi connectivity index (χ4n) is 1.68. The van der Waals surface area contributed by atoms with Crippen LogP contribution in [0.15, 0.2) is 47.4 Å². The van der Waals surface area contributed by atoms with Crippen LogP contribution in [0, 0.1) is 6.92 Å². The van der Waals surface area contributed by atoms with Gasteiger partial charge in [-0.05, 0) is 61.1 Å². The zero-order valence-corrected chi connectivity index (χ0v) is 14.0. The lowest BCUT2D eigenvalue weighted by atomic mass is 10.2. The lowest BCUT2D eigenvalue weighted by molar-refractivity contribution is 0.252. The summed E-state index contributed by atoms with van der Waals surface area (Å²) in [5, 5.41) is 7.05. The number of hydrogen-bond acceptors (Lipinski definition) is 2. The molecular weight excluding hydrogens is 346 g/mol. The molecule has 0 unspecified atom stereocenters. The topological polar surface area (TPSA) is 24.1 Å². The number of halogens is 3. The molecule has 0 atom stereocenters. The minimum Gasteiger partial charge on any atom is -0.332 e. The minimum absolute atomic E-state index is 0.397. The number of aryl methyl sites for hydroxylation is 1. The Labute approximate surface area is 142 Å². The summed E-state index contributed by atoms with van der Waals surface area (Å²) in [5.41, 5.74) is 2.48. The highest BCUT2D eigenvalue weighted by atomic mass is 35.5. The van der Waals surface area contributed by atoms with Gasteiger partial charge in [0.05, 0.1) is 0 Å². The second-order valence-electron chi connectivity index (χ2n) is 4.45. The van der Waals surface area contributed by atoms with Crippen LogP contribution >= 0.6 is 35.6 Å². The molecule has 0 aromatic heterocycles. The van der Waals surface area contributed by atoms with E-state index in [1.165, 1.54) is 0 Å². The van der Waals surface area contributed by atoms with Crippen LogP contribution in [0.5, 0.6) is 0 Å². The zero-order valence-electron chi connectivity index (χ0n) is 11.6. The summed E-state index contributed by atoms with van der Waals surface area (Å²) < 4.78 is 24.5. The summed E-state index contributed by atoms with van der Waals surface area (Å²) in [7, 11) is 0. The van der Waals surface area contributed by atoms with Crippen LogP contribution in [0.25, 0.3) is 0 Å². The average molecular weight is 359 g/mol. The highest BCUT2D eigenvalue weighted by Gasteiger charge is 2.05. The van der Waals surface area contributed by atoms with E-state index in [4.69, 9.17) is 23.8 Å². The van der Waals surface area contributed by atoms with Crippen molar-refractivity contribution in [1.82, 2.24) is 0 Å². The Morgan fingerprint density at radius 2 is 1.68 bits per heavy atom. The summed E-state index contributed by atoms with van der Waals surface area (Å²) in [4.78, 5) is 0.504. The Hall–Kier alpha value is -1.37. The second kappa shape index (κ2) is 7.76. The van der Waals surface area contributed by atoms with E-state index in [1.807, 2.05) is 19.1 Å². The van der Waals surface area contributed by atoms with Crippen molar-refractivity contribution in [3.63, 3.8) is 0 Å². The van der Waals surface area contributed by atoms with Gasteiger partial charge in [0.1, 0.15) is 0 Å². The third-order valence-corrected chi connectivity index (χ3v) is 4.10. The number of thioether (sulfide) groups is 1. The Kier molecular flexibility index (Phi) is 5.99. The molecular formula is C15H13ClF2N2S2. The van der Waals surface area contributed by atoms with Crippen LogP contribution in [-0.4, -0.2) is 10.9 Å². The molecule has 2 rings (SSSR count). The molecule has 22 heavy (non-hydrogen) atoms. The Balaban J connectivity index is 1.95. The largest absolute Gasteiger partial charge is 0.332 e. The van der Waals surface area contributed by atoms with E-state index in [9.17, 15) is 8.78 Å². The molecule has 2 N–H and O–H groups in total. The summed E-state index contributed by atoms with van der Waals surface area (Å²) in [5.74, 6) is -2.42. The van der Waals surface area contributed by atoms with Gasteiger partial charge < -0.3 is 10.6 Å². The van der Waals surface area contributed by atoms with Crippen LogP contribution in [0.2, 0.25) is 5.02 Å². The molecule has 0 radical (unpaired) electrons. The molecule has 0 amide bonds. The lowest BCUT2D eigenvalue weighted by Gasteiger charge is -2.11. The number of rotatable bonds is 4. The first-order chi connectivity index (χ1) is 10.4. The van der Waals surface area contributed by atoms with E-state index in [1.54, 1.807) is 30.3 Å². The van der Waals surface area contributed by atoms with Gasteiger partial charge in [-0.3, -0.25) is 0 Å². The fraction of sp³-hybridized carbons (Fsp3) is 0.133. The van der Waals surface area contributed by atoms with Crippen molar-refractivity contribution in [2.24, 2.45) is 0 Å². The van der Waals surface area contributed by atoms with Gasteiger partial charge in [0, 0.05) is 21.3 Å². The number of hydrogen-bond donors (Lipinski definition) is 2. The van der Waals surface area contributed by atoms with Crippen LogP contribution < -0.4 is 10.6 Å². The standard InChI is InChI=1S/C15H13ClF2N2S2/c1-9-2-3-11(8-13(9)16)20-15(21)19-10-4-6-12(7-5-10)22-14(17)18/h2-8,14H,1H3,(H2,19,20,21). The molecule has 0 aliphatic heterocycles. The maximum atomic E-state index is 12.2. The van der Waals surface area contributed by atoms with E-state index in [2.05, 4.69) is 10.6 Å². The number of benzene rings is 2. The van der Waals surface area contributed by atoms with Crippen molar-refractivity contribution in [2.45, 2.75) is 17.6 Å². The average Bonchev–Trinajstić information content (AvgIpc) is 2.44. The first-order valence-corrected chi connectivity index (χ1v) is 7.99. The zero-order chi connectivity index (χ0) is 16.1. The molecule has 0 saturated carbocycles. The third-order valence-electron chi connectivity index (χ3n) is 2.77. The number of alkyl halides is 2. The van der Waals surface area contributed by atoms with E-state index < -0.39 is 5.76 Å². The van der Waals surface area contributed by atoms with Crippen LogP contribution in [0.1, 0.15) is 5.56 Å².